The second-order valence-electron chi connectivity index (χ2n) is 11.8. The van der Waals surface area contributed by atoms with E-state index in [0.717, 1.165) is 39.0 Å². The number of amides is 3. The number of aromatic nitrogens is 1. The van der Waals surface area contributed by atoms with Gasteiger partial charge in [-0.15, -0.1) is 0 Å². The van der Waals surface area contributed by atoms with Gasteiger partial charge in [0.1, 0.15) is 10.6 Å². The lowest BCUT2D eigenvalue weighted by molar-refractivity contribution is -0.121. The number of hydrogen-bond donors (Lipinski definition) is 2. The van der Waals surface area contributed by atoms with Crippen LogP contribution in [-0.4, -0.2) is 93.7 Å². The number of ether oxygens (including phenoxy) is 2. The van der Waals surface area contributed by atoms with Gasteiger partial charge in [-0.3, -0.25) is 9.69 Å². The molecule has 0 aliphatic carbocycles. The average Bonchev–Trinajstić information content (AvgIpc) is 3.36. The fraction of sp³-hybridized carbons (Fsp3) is 0.412. The maximum Gasteiger partial charge on any atom is 0.318 e. The number of benzene rings is 2. The molecule has 0 spiro atoms. The number of pyridine rings is 1. The molecule has 2 fully saturated rings. The van der Waals surface area contributed by atoms with Crippen molar-refractivity contribution in [3.05, 3.63) is 77.5 Å². The van der Waals surface area contributed by atoms with Gasteiger partial charge in [-0.1, -0.05) is 12.1 Å². The number of nitrogens with one attached hydrogen (secondary N) is 2. The number of fused-ring (bicyclic) bond motifs is 1. The molecule has 2 aromatic carbocycles. The lowest BCUT2D eigenvalue weighted by atomic mass is 9.83. The van der Waals surface area contributed by atoms with Crippen LogP contribution in [-0.2, 0) is 20.4 Å². The SMILES string of the molecule is CCOc1ccccc1S(=O)(=O)N1C(=O)C(NC(=O)N2CCC(N3CCNCC3)CC2)(c2cccnc2OCC)c2cc(C#N)ccc21. The number of nitrogens with zero attached hydrogens (tertiary/aromatic N) is 5. The molecule has 0 bridgehead atoms. The molecular formula is C34H39N7O6S. The predicted molar refractivity (Wildman–Crippen MR) is 177 cm³/mol. The van der Waals surface area contributed by atoms with E-state index in [1.807, 2.05) is 0 Å². The third kappa shape index (κ3) is 5.82. The lowest BCUT2D eigenvalue weighted by Crippen LogP contribution is -2.59. The van der Waals surface area contributed by atoms with Gasteiger partial charge in [-0.05, 0) is 69.2 Å². The molecule has 3 aromatic rings. The molecule has 48 heavy (non-hydrogen) atoms. The number of piperidine rings is 1. The molecule has 3 aliphatic rings. The number of carbonyl (C=O) groups is 2. The van der Waals surface area contributed by atoms with Crippen molar-refractivity contribution in [3.8, 4) is 17.7 Å². The molecule has 2 N–H and O–H groups in total. The normalized spacial score (nSPS) is 20.2. The standard InChI is InChI=1S/C34H39N7O6S/c1-3-46-29-9-5-6-10-30(29)48(44,45)41-28-12-11-24(23-35)22-27(28)34(32(41)42,26-8-7-15-37-31(26)47-4-2)38-33(43)40-18-13-25(14-19-40)39-20-16-36-17-21-39/h5-12,15,22,25,36H,3-4,13-14,16-21H2,1-2H3,(H,38,43). The van der Waals surface area contributed by atoms with Gasteiger partial charge in [0.15, 0.2) is 5.54 Å². The number of nitriles is 1. The van der Waals surface area contributed by atoms with Crippen LogP contribution in [0.3, 0.4) is 0 Å². The van der Waals surface area contributed by atoms with E-state index < -0.39 is 27.5 Å². The van der Waals surface area contributed by atoms with Gasteiger partial charge in [-0.25, -0.2) is 18.2 Å². The van der Waals surface area contributed by atoms with Crippen LogP contribution in [0, 0.1) is 11.3 Å². The summed E-state index contributed by atoms with van der Waals surface area (Å²) in [6.45, 7) is 8.52. The molecule has 6 rings (SSSR count). The molecule has 4 heterocycles. The van der Waals surface area contributed by atoms with Crippen LogP contribution in [0.25, 0.3) is 0 Å². The van der Waals surface area contributed by atoms with Crippen molar-refractivity contribution < 1.29 is 27.5 Å². The highest BCUT2D eigenvalue weighted by Gasteiger charge is 2.59. The summed E-state index contributed by atoms with van der Waals surface area (Å²) in [5.41, 5.74) is -1.68. The zero-order valence-corrected chi connectivity index (χ0v) is 27.8. The number of anilines is 1. The van der Waals surface area contributed by atoms with Gasteiger partial charge in [-0.2, -0.15) is 9.57 Å². The first-order chi connectivity index (χ1) is 23.3. The molecule has 14 heteroatoms. The molecule has 0 radical (unpaired) electrons. The summed E-state index contributed by atoms with van der Waals surface area (Å²) in [5.74, 6) is -0.835. The van der Waals surface area contributed by atoms with E-state index in [0.29, 0.717) is 23.4 Å². The number of carbonyl (C=O) groups excluding carboxylic acids is 2. The van der Waals surface area contributed by atoms with E-state index in [9.17, 15) is 18.5 Å². The van der Waals surface area contributed by atoms with Crippen molar-refractivity contribution in [2.75, 3.05) is 56.8 Å². The maximum atomic E-state index is 15.1. The number of likely N-dealkylation sites (tertiary alicyclic amines) is 1. The third-order valence-corrected chi connectivity index (χ3v) is 10.8. The minimum Gasteiger partial charge on any atom is -0.492 e. The van der Waals surface area contributed by atoms with Crippen molar-refractivity contribution in [3.63, 3.8) is 0 Å². The highest BCUT2D eigenvalue weighted by Crippen LogP contribution is 2.49. The third-order valence-electron chi connectivity index (χ3n) is 9.09. The monoisotopic (exact) mass is 673 g/mol. The summed E-state index contributed by atoms with van der Waals surface area (Å²) in [6, 6.07) is 15.4. The summed E-state index contributed by atoms with van der Waals surface area (Å²) >= 11 is 0. The van der Waals surface area contributed by atoms with Gasteiger partial charge in [0.05, 0.1) is 36.1 Å². The van der Waals surface area contributed by atoms with E-state index in [2.05, 4.69) is 26.6 Å². The van der Waals surface area contributed by atoms with Crippen LogP contribution in [0.2, 0.25) is 0 Å². The molecule has 1 atom stereocenters. The number of piperazine rings is 1. The minimum atomic E-state index is -4.62. The summed E-state index contributed by atoms with van der Waals surface area (Å²) in [5, 5.41) is 16.2. The van der Waals surface area contributed by atoms with Crippen molar-refractivity contribution in [2.45, 2.75) is 43.2 Å². The first kappa shape index (κ1) is 33.2. The summed E-state index contributed by atoms with van der Waals surface area (Å²) in [7, 11) is -4.62. The number of hydrogen-bond acceptors (Lipinski definition) is 10. The molecule has 3 amide bonds. The minimum absolute atomic E-state index is 0.00526. The summed E-state index contributed by atoms with van der Waals surface area (Å²) < 4.78 is 41.3. The number of para-hydroxylation sites is 1. The summed E-state index contributed by atoms with van der Waals surface area (Å²) in [6.07, 6.45) is 3.01. The molecule has 2 saturated heterocycles. The van der Waals surface area contributed by atoms with Crippen LogP contribution in [0.15, 0.2) is 65.7 Å². The first-order valence-corrected chi connectivity index (χ1v) is 17.7. The zero-order chi connectivity index (χ0) is 33.9. The Kier molecular flexibility index (Phi) is 9.54. The Bertz CT molecular complexity index is 1830. The Labute approximate surface area is 280 Å². The molecular weight excluding hydrogens is 634 g/mol. The fourth-order valence-corrected chi connectivity index (χ4v) is 8.43. The van der Waals surface area contributed by atoms with E-state index in [1.54, 1.807) is 43.0 Å². The second kappa shape index (κ2) is 13.8. The van der Waals surface area contributed by atoms with Gasteiger partial charge in [0.2, 0.25) is 5.88 Å². The van der Waals surface area contributed by atoms with Gasteiger partial charge in [0, 0.05) is 57.1 Å². The van der Waals surface area contributed by atoms with Crippen molar-refractivity contribution in [1.29, 1.82) is 5.26 Å². The number of rotatable bonds is 9. The summed E-state index contributed by atoms with van der Waals surface area (Å²) in [4.78, 5) is 37.6. The highest BCUT2D eigenvalue weighted by molar-refractivity contribution is 7.93. The van der Waals surface area contributed by atoms with Gasteiger partial charge in [0.25, 0.3) is 15.9 Å². The van der Waals surface area contributed by atoms with E-state index >= 15 is 4.79 Å². The number of urea groups is 1. The van der Waals surface area contributed by atoms with Crippen LogP contribution in [0.1, 0.15) is 43.4 Å². The van der Waals surface area contributed by atoms with Crippen LogP contribution < -0.4 is 24.4 Å². The zero-order valence-electron chi connectivity index (χ0n) is 27.0. The molecule has 1 unspecified atom stereocenters. The van der Waals surface area contributed by atoms with E-state index in [4.69, 9.17) is 9.47 Å². The maximum absolute atomic E-state index is 15.1. The van der Waals surface area contributed by atoms with Crippen LogP contribution in [0.5, 0.6) is 11.6 Å². The second-order valence-corrected chi connectivity index (χ2v) is 13.5. The van der Waals surface area contributed by atoms with Crippen LogP contribution in [0.4, 0.5) is 10.5 Å². The Balaban J connectivity index is 1.47. The Morgan fingerprint density at radius 1 is 1.02 bits per heavy atom. The Morgan fingerprint density at radius 3 is 2.46 bits per heavy atom. The fourth-order valence-electron chi connectivity index (χ4n) is 6.83. The van der Waals surface area contributed by atoms with Crippen LogP contribution >= 0.6 is 0 Å². The van der Waals surface area contributed by atoms with Crippen molar-refractivity contribution in [1.82, 2.24) is 25.4 Å². The topological polar surface area (TPSA) is 157 Å². The Morgan fingerprint density at radius 2 is 1.75 bits per heavy atom. The molecule has 0 saturated carbocycles. The average molecular weight is 674 g/mol. The molecule has 13 nitrogen and oxygen atoms in total. The first-order valence-electron chi connectivity index (χ1n) is 16.2. The predicted octanol–water partition coefficient (Wildman–Crippen LogP) is 2.81. The van der Waals surface area contributed by atoms with E-state index in [-0.39, 0.29) is 52.1 Å². The van der Waals surface area contributed by atoms with Crippen molar-refractivity contribution in [2.24, 2.45) is 0 Å². The molecule has 3 aliphatic heterocycles. The largest absolute Gasteiger partial charge is 0.492 e. The van der Waals surface area contributed by atoms with E-state index in [1.165, 1.54) is 36.5 Å². The van der Waals surface area contributed by atoms with Crippen molar-refractivity contribution >= 4 is 27.6 Å². The quantitative estimate of drug-likeness (QED) is 0.346. The highest BCUT2D eigenvalue weighted by atomic mass is 32.2. The van der Waals surface area contributed by atoms with Gasteiger partial charge < -0.3 is 25.0 Å². The lowest BCUT2D eigenvalue weighted by Gasteiger charge is -2.41. The molecule has 1 aromatic heterocycles. The Hall–Kier alpha value is -4.71. The molecule has 252 valence electrons. The van der Waals surface area contributed by atoms with Gasteiger partial charge >= 0.3 is 6.03 Å². The smallest absolute Gasteiger partial charge is 0.318 e. The number of sulfonamides is 1.